The fourth-order valence-corrected chi connectivity index (χ4v) is 3.16. The van der Waals surface area contributed by atoms with Crippen LogP contribution in [0, 0.1) is 0 Å². The summed E-state index contributed by atoms with van der Waals surface area (Å²) >= 11 is 6.85. The number of ether oxygens (including phenoxy) is 3. The smallest absolute Gasteiger partial charge is 0.303 e. The lowest BCUT2D eigenvalue weighted by Gasteiger charge is -2.35. The number of halogens is 2. The third-order valence-electron chi connectivity index (χ3n) is 2.69. The Morgan fingerprint density at radius 2 is 1.57 bits per heavy atom. The molecular weight excluding hydrogens is 412 g/mol. The van der Waals surface area contributed by atoms with Crippen LogP contribution in [-0.2, 0) is 28.6 Å². The third kappa shape index (κ3) is 5.43. The standard InChI is InChI=1S/C13H16Br2O6/c1-6(16)19-5-9-4-10(20-7(2)17)11(14)12(15)13(9)21-8(3)18/h4,10-13H,5H2,1-3H3/t10-,11+,12-,13-/m0/s1. The lowest BCUT2D eigenvalue weighted by Crippen LogP contribution is -2.46. The van der Waals surface area contributed by atoms with Gasteiger partial charge in [-0.3, -0.25) is 14.4 Å². The molecule has 1 aliphatic rings. The first kappa shape index (κ1) is 18.2. The van der Waals surface area contributed by atoms with Crippen LogP contribution in [-0.4, -0.2) is 46.4 Å². The van der Waals surface area contributed by atoms with Crippen LogP contribution in [0.25, 0.3) is 0 Å². The van der Waals surface area contributed by atoms with Crippen molar-refractivity contribution < 1.29 is 28.6 Å². The van der Waals surface area contributed by atoms with Crippen molar-refractivity contribution >= 4 is 49.8 Å². The maximum atomic E-state index is 11.2. The highest BCUT2D eigenvalue weighted by Gasteiger charge is 2.41. The Kier molecular flexibility index (Phi) is 6.86. The van der Waals surface area contributed by atoms with Gasteiger partial charge < -0.3 is 14.2 Å². The molecule has 0 amide bonds. The van der Waals surface area contributed by atoms with E-state index in [-0.39, 0.29) is 16.3 Å². The van der Waals surface area contributed by atoms with E-state index >= 15 is 0 Å². The van der Waals surface area contributed by atoms with Gasteiger partial charge in [0, 0.05) is 26.3 Å². The molecule has 0 unspecified atom stereocenters. The summed E-state index contributed by atoms with van der Waals surface area (Å²) in [6, 6.07) is 0. The van der Waals surface area contributed by atoms with Crippen LogP contribution in [0.3, 0.4) is 0 Å². The molecule has 0 saturated heterocycles. The molecule has 1 rings (SSSR count). The summed E-state index contributed by atoms with van der Waals surface area (Å²) in [6.07, 6.45) is 0.469. The van der Waals surface area contributed by atoms with Gasteiger partial charge in [0.1, 0.15) is 18.8 Å². The lowest BCUT2D eigenvalue weighted by atomic mass is 9.94. The molecule has 6 nitrogen and oxygen atoms in total. The fourth-order valence-electron chi connectivity index (χ4n) is 1.88. The van der Waals surface area contributed by atoms with E-state index in [4.69, 9.17) is 14.2 Å². The van der Waals surface area contributed by atoms with Crippen LogP contribution < -0.4 is 0 Å². The van der Waals surface area contributed by atoms with E-state index in [0.29, 0.717) is 5.57 Å². The van der Waals surface area contributed by atoms with Crippen LogP contribution in [0.15, 0.2) is 11.6 Å². The number of carbonyl (C=O) groups excluding carboxylic acids is 3. The van der Waals surface area contributed by atoms with Gasteiger partial charge in [0.05, 0.1) is 9.65 Å². The van der Waals surface area contributed by atoms with E-state index in [1.54, 1.807) is 6.08 Å². The Morgan fingerprint density at radius 3 is 2.05 bits per heavy atom. The van der Waals surface area contributed by atoms with Crippen molar-refractivity contribution in [2.75, 3.05) is 6.61 Å². The predicted molar refractivity (Wildman–Crippen MR) is 81.3 cm³/mol. The first-order valence-electron chi connectivity index (χ1n) is 6.19. The zero-order valence-electron chi connectivity index (χ0n) is 11.8. The van der Waals surface area contributed by atoms with Crippen molar-refractivity contribution in [2.24, 2.45) is 0 Å². The summed E-state index contributed by atoms with van der Waals surface area (Å²) in [7, 11) is 0. The molecule has 0 aromatic heterocycles. The van der Waals surface area contributed by atoms with Crippen LogP contribution in [0.1, 0.15) is 20.8 Å². The molecular formula is C13H16Br2O6. The molecule has 0 aromatic carbocycles. The highest BCUT2D eigenvalue weighted by Crippen LogP contribution is 2.34. The topological polar surface area (TPSA) is 78.9 Å². The monoisotopic (exact) mass is 426 g/mol. The zero-order valence-corrected chi connectivity index (χ0v) is 15.0. The number of alkyl halides is 2. The van der Waals surface area contributed by atoms with Crippen LogP contribution in [0.2, 0.25) is 0 Å². The van der Waals surface area contributed by atoms with Gasteiger partial charge in [0.25, 0.3) is 0 Å². The van der Waals surface area contributed by atoms with Crippen molar-refractivity contribution in [2.45, 2.75) is 42.6 Å². The second-order valence-electron chi connectivity index (χ2n) is 4.51. The molecule has 0 heterocycles. The van der Waals surface area contributed by atoms with Gasteiger partial charge in [0.2, 0.25) is 0 Å². The Hall–Kier alpha value is -0.890. The van der Waals surface area contributed by atoms with E-state index in [1.165, 1.54) is 20.8 Å². The van der Waals surface area contributed by atoms with Gasteiger partial charge in [-0.25, -0.2) is 0 Å². The van der Waals surface area contributed by atoms with Crippen molar-refractivity contribution in [3.8, 4) is 0 Å². The van der Waals surface area contributed by atoms with E-state index in [2.05, 4.69) is 31.9 Å². The van der Waals surface area contributed by atoms with E-state index in [1.807, 2.05) is 0 Å². The van der Waals surface area contributed by atoms with Crippen molar-refractivity contribution in [3.63, 3.8) is 0 Å². The van der Waals surface area contributed by atoms with Gasteiger partial charge in [-0.2, -0.15) is 0 Å². The Balaban J connectivity index is 3.01. The minimum atomic E-state index is -0.613. The predicted octanol–water partition coefficient (Wildman–Crippen LogP) is 1.88. The molecule has 118 valence electrons. The van der Waals surface area contributed by atoms with Crippen LogP contribution in [0.5, 0.6) is 0 Å². The average molecular weight is 428 g/mol. The first-order valence-corrected chi connectivity index (χ1v) is 8.02. The Labute approximate surface area is 139 Å². The van der Waals surface area contributed by atoms with Gasteiger partial charge >= 0.3 is 17.9 Å². The number of hydrogen-bond donors (Lipinski definition) is 0. The van der Waals surface area contributed by atoms with Gasteiger partial charge in [0.15, 0.2) is 0 Å². The average Bonchev–Trinajstić information content (AvgIpc) is 2.35. The Bertz CT molecular complexity index is 462. The molecule has 0 N–H and O–H groups in total. The number of hydrogen-bond acceptors (Lipinski definition) is 6. The highest BCUT2D eigenvalue weighted by molar-refractivity contribution is 9.12. The number of carbonyl (C=O) groups is 3. The summed E-state index contributed by atoms with van der Waals surface area (Å²) < 4.78 is 15.4. The maximum Gasteiger partial charge on any atom is 0.303 e. The summed E-state index contributed by atoms with van der Waals surface area (Å²) in [5, 5.41) is 0. The van der Waals surface area contributed by atoms with Gasteiger partial charge in [-0.1, -0.05) is 31.9 Å². The fraction of sp³-hybridized carbons (Fsp3) is 0.615. The van der Waals surface area contributed by atoms with Gasteiger partial charge in [-0.15, -0.1) is 0 Å². The first-order chi connectivity index (χ1) is 9.72. The SMILES string of the molecule is CC(=O)OCC1=C[C@H](OC(C)=O)[C@@H](Br)[C@H](Br)[C@H]1OC(C)=O. The summed E-state index contributed by atoms with van der Waals surface area (Å²) in [5.74, 6) is -1.34. The molecule has 0 radical (unpaired) electrons. The summed E-state index contributed by atoms with van der Waals surface area (Å²) in [5.41, 5.74) is 0.559. The second-order valence-corrected chi connectivity index (χ2v) is 6.63. The largest absolute Gasteiger partial charge is 0.461 e. The molecule has 0 aliphatic heterocycles. The van der Waals surface area contributed by atoms with Crippen LogP contribution >= 0.6 is 31.9 Å². The molecule has 0 aromatic rings. The van der Waals surface area contributed by atoms with Crippen molar-refractivity contribution in [3.05, 3.63) is 11.6 Å². The van der Waals surface area contributed by atoms with Gasteiger partial charge in [-0.05, 0) is 6.08 Å². The molecule has 8 heteroatoms. The molecule has 0 bridgehead atoms. The minimum Gasteiger partial charge on any atom is -0.461 e. The molecule has 21 heavy (non-hydrogen) atoms. The third-order valence-corrected chi connectivity index (χ3v) is 5.54. The lowest BCUT2D eigenvalue weighted by molar-refractivity contribution is -0.149. The number of esters is 3. The molecule has 1 aliphatic carbocycles. The molecule has 0 saturated carbocycles. The van der Waals surface area contributed by atoms with E-state index < -0.39 is 30.1 Å². The molecule has 0 fully saturated rings. The summed E-state index contributed by atoms with van der Waals surface area (Å²) in [4.78, 5) is 32.7. The highest BCUT2D eigenvalue weighted by atomic mass is 79.9. The Morgan fingerprint density at radius 1 is 1.00 bits per heavy atom. The normalized spacial score (nSPS) is 28.3. The van der Waals surface area contributed by atoms with E-state index in [0.717, 1.165) is 0 Å². The quantitative estimate of drug-likeness (QED) is 0.295. The van der Waals surface area contributed by atoms with Crippen LogP contribution in [0.4, 0.5) is 0 Å². The minimum absolute atomic E-state index is 0.0349. The maximum absolute atomic E-state index is 11.2. The van der Waals surface area contributed by atoms with E-state index in [9.17, 15) is 14.4 Å². The van der Waals surface area contributed by atoms with Crippen molar-refractivity contribution in [1.29, 1.82) is 0 Å². The summed E-state index contributed by atoms with van der Waals surface area (Å²) in [6.45, 7) is 3.85. The number of rotatable bonds is 4. The molecule has 4 atom stereocenters. The zero-order chi connectivity index (χ0) is 16.2. The van der Waals surface area contributed by atoms with Crippen molar-refractivity contribution in [1.82, 2.24) is 0 Å². The molecule has 0 spiro atoms. The second kappa shape index (κ2) is 7.93.